The van der Waals surface area contributed by atoms with Crippen molar-refractivity contribution in [1.29, 1.82) is 0 Å². The van der Waals surface area contributed by atoms with E-state index in [-0.39, 0.29) is 37.1 Å². The topological polar surface area (TPSA) is 83.1 Å². The molecule has 4 rings (SSSR count). The van der Waals surface area contributed by atoms with Crippen molar-refractivity contribution in [2.24, 2.45) is 0 Å². The fourth-order valence-electron chi connectivity index (χ4n) is 5.11. The molecule has 0 fully saturated rings. The molecule has 46 heavy (non-hydrogen) atoms. The van der Waals surface area contributed by atoms with E-state index < -0.39 is 0 Å². The number of hydrogen-bond acceptors (Lipinski definition) is 6. The Hall–Kier alpha value is -4.66. The fourth-order valence-corrected chi connectivity index (χ4v) is 5.11. The van der Waals surface area contributed by atoms with E-state index >= 15 is 0 Å². The van der Waals surface area contributed by atoms with Crippen molar-refractivity contribution in [3.63, 3.8) is 0 Å². The number of anilines is 6. The molecule has 0 aliphatic rings. The first-order valence-electron chi connectivity index (χ1n) is 16.0. The van der Waals surface area contributed by atoms with Crippen molar-refractivity contribution in [2.75, 3.05) is 46.9 Å². The van der Waals surface area contributed by atoms with Crippen molar-refractivity contribution in [2.45, 2.75) is 52.6 Å². The monoisotopic (exact) mass is 622 g/mol. The number of hydrogen-bond donors (Lipinski definition) is 2. The lowest BCUT2D eigenvalue weighted by atomic mass is 10.2. The van der Waals surface area contributed by atoms with E-state index in [0.29, 0.717) is 13.2 Å². The molecule has 0 spiro atoms. The van der Waals surface area contributed by atoms with Gasteiger partial charge >= 0.3 is 0 Å². The second kappa shape index (κ2) is 17.7. The summed E-state index contributed by atoms with van der Waals surface area (Å²) >= 11 is 0. The fraction of sp³-hybridized carbons (Fsp3) is 0.316. The first kappa shape index (κ1) is 34.2. The molecule has 0 aliphatic carbocycles. The molecule has 0 heterocycles. The van der Waals surface area contributed by atoms with Crippen LogP contribution in [0.2, 0.25) is 0 Å². The van der Waals surface area contributed by atoms with Crippen LogP contribution in [0.3, 0.4) is 0 Å². The smallest absolute Gasteiger partial charge is 0.253 e. The van der Waals surface area contributed by atoms with Crippen LogP contribution in [0.25, 0.3) is 0 Å². The average Bonchev–Trinajstić information content (AvgIpc) is 3.05. The van der Waals surface area contributed by atoms with E-state index in [1.807, 2.05) is 137 Å². The van der Waals surface area contributed by atoms with Gasteiger partial charge in [-0.3, -0.25) is 9.59 Å². The van der Waals surface area contributed by atoms with Crippen LogP contribution in [-0.4, -0.2) is 50.3 Å². The van der Waals surface area contributed by atoms with E-state index in [2.05, 4.69) is 10.6 Å². The third kappa shape index (κ3) is 10.5. The minimum Gasteiger partial charge on any atom is -0.372 e. The number of para-hydroxylation sites is 2. The third-order valence-electron chi connectivity index (χ3n) is 7.26. The molecule has 0 atom stereocenters. The predicted octanol–water partition coefficient (Wildman–Crippen LogP) is 8.17. The lowest BCUT2D eigenvalue weighted by Crippen LogP contribution is -2.39. The molecule has 0 unspecified atom stereocenters. The van der Waals surface area contributed by atoms with E-state index in [0.717, 1.165) is 47.0 Å². The Kier molecular flexibility index (Phi) is 13.2. The minimum absolute atomic E-state index is 0.00451. The van der Waals surface area contributed by atoms with Crippen molar-refractivity contribution >= 4 is 45.9 Å². The number of rotatable bonds is 17. The molecule has 0 aromatic heterocycles. The summed E-state index contributed by atoms with van der Waals surface area (Å²) in [6, 6.07) is 35.6. The van der Waals surface area contributed by atoms with Gasteiger partial charge in [-0.25, -0.2) is 0 Å². The largest absolute Gasteiger partial charge is 0.372 e. The van der Waals surface area contributed by atoms with E-state index in [9.17, 15) is 9.59 Å². The van der Waals surface area contributed by atoms with Gasteiger partial charge in [-0.15, -0.1) is 0 Å². The van der Waals surface area contributed by atoms with E-state index in [1.54, 1.807) is 9.80 Å². The zero-order chi connectivity index (χ0) is 32.7. The van der Waals surface area contributed by atoms with E-state index in [1.165, 1.54) is 0 Å². The molecule has 2 N–H and O–H groups in total. The molecule has 0 aliphatic heterocycles. The van der Waals surface area contributed by atoms with Crippen molar-refractivity contribution in [1.82, 2.24) is 0 Å². The van der Waals surface area contributed by atoms with Crippen LogP contribution in [0.15, 0.2) is 109 Å². The van der Waals surface area contributed by atoms with Gasteiger partial charge in [-0.05, 0) is 113 Å². The number of unbranched alkanes of at least 4 members (excludes halogenated alkanes) is 1. The van der Waals surface area contributed by atoms with Gasteiger partial charge in [0.15, 0.2) is 0 Å². The van der Waals surface area contributed by atoms with Gasteiger partial charge in [-0.2, -0.15) is 0 Å². The summed E-state index contributed by atoms with van der Waals surface area (Å²) in [5.41, 5.74) is 5.58. The molecule has 0 radical (unpaired) electrons. The zero-order valence-electron chi connectivity index (χ0n) is 27.3. The summed E-state index contributed by atoms with van der Waals surface area (Å²) in [6.45, 7) is 8.86. The first-order chi connectivity index (χ1) is 22.3. The molecule has 4 aromatic carbocycles. The van der Waals surface area contributed by atoms with Gasteiger partial charge in [0.25, 0.3) is 11.8 Å². The summed E-state index contributed by atoms with van der Waals surface area (Å²) in [5.74, 6) is -0.170. The summed E-state index contributed by atoms with van der Waals surface area (Å²) in [6.07, 6.45) is 1.46. The standard InChI is InChI=1S/C38H46N4O4/c1-29(2)41(35-21-17-33(18-22-35)39-31-13-7-5-8-14-31)37(43)27-45-25-11-12-26-46-28-38(44)42(30(3)4)36-23-19-34(20-24-36)40-32-15-9-6-10-16-32/h5-10,13-24,29-30,39-40H,11-12,25-28H2,1-4H3. The predicted molar refractivity (Wildman–Crippen MR) is 188 cm³/mol. The molecular weight excluding hydrogens is 576 g/mol. The summed E-state index contributed by atoms with van der Waals surface area (Å²) in [4.78, 5) is 29.6. The maximum absolute atomic E-state index is 13.0. The molecule has 8 heteroatoms. The highest BCUT2D eigenvalue weighted by Crippen LogP contribution is 2.24. The van der Waals surface area contributed by atoms with Gasteiger partial charge in [0, 0.05) is 59.4 Å². The van der Waals surface area contributed by atoms with Crippen molar-refractivity contribution in [3.05, 3.63) is 109 Å². The number of carbonyl (C=O) groups excluding carboxylic acids is 2. The number of nitrogens with one attached hydrogen (secondary N) is 2. The van der Waals surface area contributed by atoms with E-state index in [4.69, 9.17) is 9.47 Å². The van der Waals surface area contributed by atoms with Crippen LogP contribution in [0.4, 0.5) is 34.1 Å². The molecule has 0 saturated heterocycles. The Balaban J connectivity index is 1.14. The van der Waals surface area contributed by atoms with Gasteiger partial charge in [0.05, 0.1) is 0 Å². The normalized spacial score (nSPS) is 11.0. The maximum Gasteiger partial charge on any atom is 0.253 e. The summed E-state index contributed by atoms with van der Waals surface area (Å²) < 4.78 is 11.4. The Morgan fingerprint density at radius 3 is 1.17 bits per heavy atom. The van der Waals surface area contributed by atoms with Crippen LogP contribution in [0, 0.1) is 0 Å². The number of nitrogens with zero attached hydrogens (tertiary/aromatic N) is 2. The summed E-state index contributed by atoms with van der Waals surface area (Å²) in [7, 11) is 0. The number of ether oxygens (including phenoxy) is 2. The maximum atomic E-state index is 13.0. The quantitative estimate of drug-likeness (QED) is 0.116. The molecule has 242 valence electrons. The summed E-state index contributed by atoms with van der Waals surface area (Å²) in [5, 5.41) is 6.72. The Labute approximate surface area is 273 Å². The SMILES string of the molecule is CC(C)N(C(=O)COCCCCOCC(=O)N(c1ccc(Nc2ccccc2)cc1)C(C)C)c1ccc(Nc2ccccc2)cc1. The van der Waals surface area contributed by atoms with Gasteiger partial charge in [-0.1, -0.05) is 36.4 Å². The zero-order valence-corrected chi connectivity index (χ0v) is 27.3. The number of amides is 2. The third-order valence-corrected chi connectivity index (χ3v) is 7.26. The Morgan fingerprint density at radius 1 is 0.522 bits per heavy atom. The minimum atomic E-state index is -0.0849. The van der Waals surface area contributed by atoms with Crippen LogP contribution >= 0.6 is 0 Å². The van der Waals surface area contributed by atoms with Crippen molar-refractivity contribution < 1.29 is 19.1 Å². The second-order valence-corrected chi connectivity index (χ2v) is 11.6. The van der Waals surface area contributed by atoms with Crippen molar-refractivity contribution in [3.8, 4) is 0 Å². The highest BCUT2D eigenvalue weighted by Gasteiger charge is 2.20. The molecular formula is C38H46N4O4. The van der Waals surface area contributed by atoms with Crippen LogP contribution in [0.1, 0.15) is 40.5 Å². The Morgan fingerprint density at radius 2 is 0.848 bits per heavy atom. The average molecular weight is 623 g/mol. The molecule has 4 aromatic rings. The van der Waals surface area contributed by atoms with Crippen LogP contribution < -0.4 is 20.4 Å². The van der Waals surface area contributed by atoms with Gasteiger partial charge in [0.1, 0.15) is 13.2 Å². The molecule has 2 amide bonds. The first-order valence-corrected chi connectivity index (χ1v) is 16.0. The lowest BCUT2D eigenvalue weighted by molar-refractivity contribution is -0.124. The van der Waals surface area contributed by atoms with Gasteiger partial charge in [0.2, 0.25) is 0 Å². The lowest BCUT2D eigenvalue weighted by Gasteiger charge is -2.27. The number of benzene rings is 4. The molecule has 8 nitrogen and oxygen atoms in total. The van der Waals surface area contributed by atoms with Crippen LogP contribution in [0.5, 0.6) is 0 Å². The number of carbonyl (C=O) groups is 2. The molecule has 0 bridgehead atoms. The highest BCUT2D eigenvalue weighted by atomic mass is 16.5. The van der Waals surface area contributed by atoms with Gasteiger partial charge < -0.3 is 29.9 Å². The highest BCUT2D eigenvalue weighted by molar-refractivity contribution is 5.95. The Bertz CT molecular complexity index is 1360. The van der Waals surface area contributed by atoms with Crippen LogP contribution in [-0.2, 0) is 19.1 Å². The second-order valence-electron chi connectivity index (χ2n) is 11.6. The molecule has 0 saturated carbocycles.